The van der Waals surface area contributed by atoms with Gasteiger partial charge in [-0.05, 0) is 12.1 Å². The fraction of sp³-hybridized carbons (Fsp3) is 0.300. The normalized spacial score (nSPS) is 18.9. The number of hydrogen-bond donors (Lipinski definition) is 0. The van der Waals surface area contributed by atoms with Crippen molar-refractivity contribution in [1.29, 1.82) is 0 Å². The molecule has 1 unspecified atom stereocenters. The van der Waals surface area contributed by atoms with E-state index >= 15 is 0 Å². The first kappa shape index (κ1) is 12.7. The fourth-order valence-corrected chi connectivity index (χ4v) is 1.96. The van der Waals surface area contributed by atoms with Gasteiger partial charge in [-0.3, -0.25) is 15.0 Å². The molecule has 0 spiro atoms. The van der Waals surface area contributed by atoms with Crippen molar-refractivity contribution in [2.45, 2.75) is 6.10 Å². The Morgan fingerprint density at radius 1 is 1.61 bits per heavy atom. The van der Waals surface area contributed by atoms with Gasteiger partial charge in [0.25, 0.3) is 0 Å². The molecular formula is C10H8BrFN2O4. The number of anilines is 1. The molecule has 0 saturated carbocycles. The molecule has 1 aliphatic heterocycles. The third-order valence-corrected chi connectivity index (χ3v) is 3.21. The molecule has 1 heterocycles. The van der Waals surface area contributed by atoms with Gasteiger partial charge in [-0.1, -0.05) is 15.9 Å². The number of nitro benzene ring substituents is 1. The molecule has 96 valence electrons. The second kappa shape index (κ2) is 4.89. The number of carbonyl (C=O) groups excluding carboxylic acids is 1. The first-order valence-electron chi connectivity index (χ1n) is 5.01. The Labute approximate surface area is 110 Å². The Bertz CT molecular complexity index is 511. The van der Waals surface area contributed by atoms with Crippen LogP contribution < -0.4 is 4.90 Å². The first-order chi connectivity index (χ1) is 8.52. The van der Waals surface area contributed by atoms with Crippen molar-refractivity contribution >= 4 is 33.4 Å². The lowest BCUT2D eigenvalue weighted by molar-refractivity contribution is -0.387. The summed E-state index contributed by atoms with van der Waals surface area (Å²) in [4.78, 5) is 22.5. The molecule has 1 aromatic rings. The summed E-state index contributed by atoms with van der Waals surface area (Å²) < 4.78 is 18.1. The highest BCUT2D eigenvalue weighted by Crippen LogP contribution is 2.27. The lowest BCUT2D eigenvalue weighted by atomic mass is 10.2. The quantitative estimate of drug-likeness (QED) is 0.487. The average Bonchev–Trinajstić information content (AvgIpc) is 2.71. The minimum Gasteiger partial charge on any atom is -0.443 e. The van der Waals surface area contributed by atoms with Crippen molar-refractivity contribution in [3.05, 3.63) is 34.1 Å². The molecule has 0 bridgehead atoms. The fourth-order valence-electron chi connectivity index (χ4n) is 1.62. The van der Waals surface area contributed by atoms with Gasteiger partial charge in [0.15, 0.2) is 0 Å². The molecule has 1 aliphatic rings. The molecule has 0 aromatic heterocycles. The molecule has 0 aliphatic carbocycles. The van der Waals surface area contributed by atoms with Crippen LogP contribution in [0.5, 0.6) is 0 Å². The van der Waals surface area contributed by atoms with Gasteiger partial charge in [-0.2, -0.15) is 4.39 Å². The number of halogens is 2. The van der Waals surface area contributed by atoms with E-state index in [0.29, 0.717) is 5.33 Å². The molecule has 1 aromatic carbocycles. The van der Waals surface area contributed by atoms with Crippen molar-refractivity contribution in [1.82, 2.24) is 0 Å². The van der Waals surface area contributed by atoms with Crippen LogP contribution in [0.4, 0.5) is 20.6 Å². The standard InChI is InChI=1S/C10H8BrFN2O4/c11-4-7-5-13(10(15)18-7)6-1-2-8(12)9(3-6)14(16)17/h1-3,7H,4-5H2. The molecule has 8 heteroatoms. The monoisotopic (exact) mass is 318 g/mol. The number of nitrogens with zero attached hydrogens (tertiary/aromatic N) is 2. The molecule has 0 N–H and O–H groups in total. The van der Waals surface area contributed by atoms with Crippen molar-refractivity contribution in [3.8, 4) is 0 Å². The van der Waals surface area contributed by atoms with Crippen LogP contribution in [0.15, 0.2) is 18.2 Å². The van der Waals surface area contributed by atoms with E-state index in [1.807, 2.05) is 0 Å². The Balaban J connectivity index is 2.32. The number of nitro groups is 1. The smallest absolute Gasteiger partial charge is 0.414 e. The van der Waals surface area contributed by atoms with Crippen LogP contribution in [0.2, 0.25) is 0 Å². The molecule has 1 atom stereocenters. The lowest BCUT2D eigenvalue weighted by Gasteiger charge is -2.12. The first-order valence-corrected chi connectivity index (χ1v) is 6.13. The Morgan fingerprint density at radius 2 is 2.33 bits per heavy atom. The number of cyclic esters (lactones) is 1. The second-order valence-electron chi connectivity index (χ2n) is 3.66. The third kappa shape index (κ3) is 2.28. The minimum absolute atomic E-state index is 0.247. The van der Waals surface area contributed by atoms with E-state index in [-0.39, 0.29) is 18.3 Å². The Hall–Kier alpha value is -1.70. The largest absolute Gasteiger partial charge is 0.443 e. The third-order valence-electron chi connectivity index (χ3n) is 2.48. The molecule has 2 rings (SSSR count). The average molecular weight is 319 g/mol. The van der Waals surface area contributed by atoms with E-state index < -0.39 is 22.5 Å². The topological polar surface area (TPSA) is 72.7 Å². The summed E-state index contributed by atoms with van der Waals surface area (Å²) in [5.74, 6) is -0.937. The highest BCUT2D eigenvalue weighted by molar-refractivity contribution is 9.09. The zero-order valence-electron chi connectivity index (χ0n) is 9.01. The summed E-state index contributed by atoms with van der Waals surface area (Å²) in [6, 6.07) is 3.29. The van der Waals surface area contributed by atoms with Gasteiger partial charge < -0.3 is 4.74 Å². The summed E-state index contributed by atoms with van der Waals surface area (Å²) in [7, 11) is 0. The van der Waals surface area contributed by atoms with E-state index in [4.69, 9.17) is 4.74 Å². The highest BCUT2D eigenvalue weighted by atomic mass is 79.9. The zero-order chi connectivity index (χ0) is 13.3. The van der Waals surface area contributed by atoms with Crippen LogP contribution in [0.3, 0.4) is 0 Å². The summed E-state index contributed by atoms with van der Waals surface area (Å²) >= 11 is 3.18. The molecule has 18 heavy (non-hydrogen) atoms. The van der Waals surface area contributed by atoms with Crippen molar-refractivity contribution in [3.63, 3.8) is 0 Å². The maximum Gasteiger partial charge on any atom is 0.414 e. The molecule has 6 nitrogen and oxygen atoms in total. The van der Waals surface area contributed by atoms with Gasteiger partial charge in [0, 0.05) is 11.4 Å². The summed E-state index contributed by atoms with van der Waals surface area (Å²) in [6.07, 6.45) is -0.915. The molecule has 1 saturated heterocycles. The van der Waals surface area contributed by atoms with Crippen molar-refractivity contribution in [2.75, 3.05) is 16.8 Å². The van der Waals surface area contributed by atoms with E-state index in [1.165, 1.54) is 11.0 Å². The van der Waals surface area contributed by atoms with Crippen LogP contribution in [-0.2, 0) is 4.74 Å². The van der Waals surface area contributed by atoms with Crippen LogP contribution >= 0.6 is 15.9 Å². The van der Waals surface area contributed by atoms with Gasteiger partial charge in [-0.15, -0.1) is 0 Å². The highest BCUT2D eigenvalue weighted by Gasteiger charge is 2.32. The maximum absolute atomic E-state index is 13.2. The SMILES string of the molecule is O=C1OC(CBr)CN1c1ccc(F)c([N+](=O)[O-])c1. The molecule has 1 fully saturated rings. The van der Waals surface area contributed by atoms with E-state index in [9.17, 15) is 19.3 Å². The number of amides is 1. The van der Waals surface area contributed by atoms with E-state index in [0.717, 1.165) is 12.1 Å². The van der Waals surface area contributed by atoms with Crippen LogP contribution in [0, 0.1) is 15.9 Å². The lowest BCUT2D eigenvalue weighted by Crippen LogP contribution is -2.24. The van der Waals surface area contributed by atoms with Crippen molar-refractivity contribution in [2.24, 2.45) is 0 Å². The number of ether oxygens (including phenoxy) is 1. The summed E-state index contributed by atoms with van der Waals surface area (Å²) in [6.45, 7) is 0.271. The van der Waals surface area contributed by atoms with Crippen LogP contribution in [0.25, 0.3) is 0 Å². The van der Waals surface area contributed by atoms with Crippen LogP contribution in [0.1, 0.15) is 0 Å². The summed E-state index contributed by atoms with van der Waals surface area (Å²) in [5.41, 5.74) is -0.417. The van der Waals surface area contributed by atoms with E-state index in [1.54, 1.807) is 0 Å². The van der Waals surface area contributed by atoms with Crippen LogP contribution in [-0.4, -0.2) is 29.0 Å². The van der Waals surface area contributed by atoms with E-state index in [2.05, 4.69) is 15.9 Å². The van der Waals surface area contributed by atoms with Gasteiger partial charge in [0.05, 0.1) is 17.2 Å². The number of benzene rings is 1. The molecular weight excluding hydrogens is 311 g/mol. The zero-order valence-corrected chi connectivity index (χ0v) is 10.6. The summed E-state index contributed by atoms with van der Waals surface area (Å²) in [5, 5.41) is 11.1. The predicted octanol–water partition coefficient (Wildman–Crippen LogP) is 2.45. The number of carbonyl (C=O) groups is 1. The minimum atomic E-state index is -0.937. The second-order valence-corrected chi connectivity index (χ2v) is 4.31. The molecule has 0 radical (unpaired) electrons. The van der Waals surface area contributed by atoms with Gasteiger partial charge in [0.1, 0.15) is 6.10 Å². The number of rotatable bonds is 3. The Morgan fingerprint density at radius 3 is 2.89 bits per heavy atom. The van der Waals surface area contributed by atoms with Gasteiger partial charge in [0.2, 0.25) is 5.82 Å². The number of hydrogen-bond acceptors (Lipinski definition) is 4. The Kier molecular flexibility index (Phi) is 3.46. The number of alkyl halides is 1. The van der Waals surface area contributed by atoms with Gasteiger partial charge in [-0.25, -0.2) is 4.79 Å². The molecule has 1 amide bonds. The van der Waals surface area contributed by atoms with Gasteiger partial charge >= 0.3 is 11.8 Å². The maximum atomic E-state index is 13.2. The predicted molar refractivity (Wildman–Crippen MR) is 64.5 cm³/mol. The van der Waals surface area contributed by atoms with Crippen molar-refractivity contribution < 1.29 is 18.8 Å².